The van der Waals surface area contributed by atoms with Crippen LogP contribution in [0.15, 0.2) is 72.8 Å². The molecule has 1 atom stereocenters. The molecule has 0 bridgehead atoms. The van der Waals surface area contributed by atoms with E-state index in [-0.39, 0.29) is 30.7 Å². The summed E-state index contributed by atoms with van der Waals surface area (Å²) in [5, 5.41) is 7.79. The Balaban J connectivity index is 1.72. The second-order valence-electron chi connectivity index (χ2n) is 8.71. The van der Waals surface area contributed by atoms with Gasteiger partial charge in [0.15, 0.2) is 0 Å². The number of hydrazine groups is 1. The van der Waals surface area contributed by atoms with Crippen LogP contribution in [0.2, 0.25) is 0 Å². The Morgan fingerprint density at radius 3 is 2.41 bits per heavy atom. The van der Waals surface area contributed by atoms with E-state index in [2.05, 4.69) is 26.2 Å². The molecule has 3 aromatic rings. The molecule has 3 aromatic carbocycles. The number of nitrogens with one attached hydrogen (secondary N) is 4. The molecule has 0 aliphatic carbocycles. The number of carbonyl (C=O) groups excluding carboxylic acids is 5. The van der Waals surface area contributed by atoms with Gasteiger partial charge < -0.3 is 15.4 Å². The Kier molecular flexibility index (Phi) is 9.91. The molecule has 0 aliphatic rings. The maximum atomic E-state index is 13.4. The van der Waals surface area contributed by atoms with Crippen molar-refractivity contribution in [3.05, 3.63) is 89.5 Å². The van der Waals surface area contributed by atoms with Gasteiger partial charge in [-0.05, 0) is 47.4 Å². The van der Waals surface area contributed by atoms with E-state index in [4.69, 9.17) is 0 Å². The lowest BCUT2D eigenvalue weighted by Gasteiger charge is -2.19. The number of hydrogen-bond donors (Lipinski definition) is 4. The van der Waals surface area contributed by atoms with Gasteiger partial charge in [0.1, 0.15) is 0 Å². The molecule has 0 aromatic heterocycles. The zero-order chi connectivity index (χ0) is 28.4. The van der Waals surface area contributed by atoms with Crippen LogP contribution < -0.4 is 21.5 Å². The molecule has 0 fully saturated rings. The zero-order valence-corrected chi connectivity index (χ0v) is 21.9. The first-order chi connectivity index (χ1) is 18.7. The van der Waals surface area contributed by atoms with Crippen LogP contribution in [-0.4, -0.2) is 36.7 Å². The van der Waals surface area contributed by atoms with Crippen molar-refractivity contribution in [2.45, 2.75) is 32.7 Å². The predicted molar refractivity (Wildman–Crippen MR) is 146 cm³/mol. The van der Waals surface area contributed by atoms with Crippen molar-refractivity contribution in [1.82, 2.24) is 16.2 Å². The van der Waals surface area contributed by atoms with Gasteiger partial charge in [-0.15, -0.1) is 0 Å². The average Bonchev–Trinajstić information content (AvgIpc) is 2.93. The summed E-state index contributed by atoms with van der Waals surface area (Å²) in [6.45, 7) is 3.26. The topological polar surface area (TPSA) is 143 Å². The van der Waals surface area contributed by atoms with Crippen LogP contribution in [0.5, 0.6) is 0 Å². The summed E-state index contributed by atoms with van der Waals surface area (Å²) in [7, 11) is 1.17. The molecule has 0 spiro atoms. The number of methoxy groups -OCH3 is 1. The molecule has 10 nitrogen and oxygen atoms in total. The maximum absolute atomic E-state index is 13.4. The van der Waals surface area contributed by atoms with Gasteiger partial charge in [-0.25, -0.2) is 4.79 Å². The van der Waals surface area contributed by atoms with Gasteiger partial charge in [-0.3, -0.25) is 30.0 Å². The first-order valence-corrected chi connectivity index (χ1v) is 12.2. The van der Waals surface area contributed by atoms with Gasteiger partial charge in [-0.1, -0.05) is 48.5 Å². The highest BCUT2D eigenvalue weighted by Gasteiger charge is 2.18. The van der Waals surface area contributed by atoms with Crippen molar-refractivity contribution in [3.8, 4) is 0 Å². The smallest absolute Gasteiger partial charge is 0.330 e. The fourth-order valence-corrected chi connectivity index (χ4v) is 3.96. The Morgan fingerprint density at radius 1 is 0.923 bits per heavy atom. The minimum atomic E-state index is -0.712. The highest BCUT2D eigenvalue weighted by Crippen LogP contribution is 2.25. The average molecular weight is 531 g/mol. The van der Waals surface area contributed by atoms with Crippen molar-refractivity contribution in [2.24, 2.45) is 0 Å². The maximum Gasteiger partial charge on any atom is 0.330 e. The van der Waals surface area contributed by atoms with Crippen molar-refractivity contribution < 1.29 is 28.7 Å². The summed E-state index contributed by atoms with van der Waals surface area (Å²) >= 11 is 0. The van der Waals surface area contributed by atoms with E-state index < -0.39 is 17.8 Å². The van der Waals surface area contributed by atoms with Crippen LogP contribution >= 0.6 is 0 Å². The van der Waals surface area contributed by atoms with Gasteiger partial charge in [0.05, 0.1) is 13.2 Å². The van der Waals surface area contributed by atoms with E-state index in [1.807, 2.05) is 49.4 Å². The highest BCUT2D eigenvalue weighted by molar-refractivity contribution is 5.99. The fraction of sp³-hybridized carbons (Fsp3) is 0.207. The molecular formula is C29H30N4O6. The summed E-state index contributed by atoms with van der Waals surface area (Å²) in [6, 6.07) is 18.4. The summed E-state index contributed by atoms with van der Waals surface area (Å²) in [6.07, 6.45) is 1.99. The number of carbonyl (C=O) groups is 5. The lowest BCUT2D eigenvalue weighted by Crippen LogP contribution is -2.41. The molecular weight excluding hydrogens is 500 g/mol. The molecule has 0 saturated heterocycles. The van der Waals surface area contributed by atoms with Gasteiger partial charge in [0.25, 0.3) is 11.8 Å². The first kappa shape index (κ1) is 28.6. The number of rotatable bonds is 9. The molecule has 39 heavy (non-hydrogen) atoms. The molecule has 3 rings (SSSR count). The quantitative estimate of drug-likeness (QED) is 0.190. The van der Waals surface area contributed by atoms with Gasteiger partial charge in [-0.2, -0.15) is 0 Å². The zero-order valence-electron chi connectivity index (χ0n) is 21.9. The van der Waals surface area contributed by atoms with Crippen molar-refractivity contribution in [1.29, 1.82) is 0 Å². The van der Waals surface area contributed by atoms with Crippen molar-refractivity contribution in [2.75, 3.05) is 12.4 Å². The number of ether oxygens (including phenoxy) is 1. The van der Waals surface area contributed by atoms with E-state index in [1.54, 1.807) is 18.2 Å². The lowest BCUT2D eigenvalue weighted by atomic mass is 9.98. The van der Waals surface area contributed by atoms with Gasteiger partial charge in [0, 0.05) is 36.7 Å². The molecule has 0 saturated carbocycles. The molecule has 4 N–H and O–H groups in total. The number of hydrogen-bond acceptors (Lipinski definition) is 6. The monoisotopic (exact) mass is 530 g/mol. The number of amides is 4. The van der Waals surface area contributed by atoms with Crippen LogP contribution in [-0.2, 0) is 30.3 Å². The largest absolute Gasteiger partial charge is 0.466 e. The highest BCUT2D eigenvalue weighted by atomic mass is 16.5. The third kappa shape index (κ3) is 8.26. The lowest BCUT2D eigenvalue weighted by molar-refractivity contribution is -0.135. The molecule has 0 heterocycles. The second kappa shape index (κ2) is 13.5. The predicted octanol–water partition coefficient (Wildman–Crippen LogP) is 3.10. The minimum Gasteiger partial charge on any atom is -0.466 e. The van der Waals surface area contributed by atoms with E-state index in [9.17, 15) is 24.0 Å². The Morgan fingerprint density at radius 2 is 1.67 bits per heavy atom. The first-order valence-electron chi connectivity index (χ1n) is 12.2. The summed E-state index contributed by atoms with van der Waals surface area (Å²) in [5.41, 5.74) is 6.71. The molecule has 0 radical (unpaired) electrons. The minimum absolute atomic E-state index is 0.0420. The standard InChI is InChI=1S/C29H30N4O6/c1-18(23-10-6-8-20-7-4-5-9-24(20)23)30-29(38)25-17-22(31-19(2)34)13-11-21(25)12-14-26(35)32-33-27(36)15-16-28(37)39-3/h4-11,13,15-18H,12,14H2,1-3H3,(H,30,38)(H,31,34)(H,32,35)(H,33,36)/b16-15+/t18-/m1/s1. The van der Waals surface area contributed by atoms with Crippen LogP contribution in [0.4, 0.5) is 5.69 Å². The number of benzene rings is 3. The van der Waals surface area contributed by atoms with Crippen molar-refractivity contribution in [3.63, 3.8) is 0 Å². The summed E-state index contributed by atoms with van der Waals surface area (Å²) in [4.78, 5) is 60.0. The van der Waals surface area contributed by atoms with Gasteiger partial charge >= 0.3 is 5.97 Å². The van der Waals surface area contributed by atoms with E-state index >= 15 is 0 Å². The van der Waals surface area contributed by atoms with Gasteiger partial charge in [0.2, 0.25) is 11.8 Å². The SMILES string of the molecule is COC(=O)/C=C/C(=O)NNC(=O)CCc1ccc(NC(C)=O)cc1C(=O)N[C@H](C)c1cccc2ccccc12. The van der Waals surface area contributed by atoms with E-state index in [1.165, 1.54) is 14.0 Å². The molecule has 10 heteroatoms. The normalized spacial score (nSPS) is 11.5. The van der Waals surface area contributed by atoms with Crippen LogP contribution in [0.3, 0.4) is 0 Å². The third-order valence-electron chi connectivity index (χ3n) is 5.83. The molecule has 4 amide bonds. The fourth-order valence-electron chi connectivity index (χ4n) is 3.96. The number of aryl methyl sites for hydroxylation is 1. The molecule has 0 aliphatic heterocycles. The number of esters is 1. The van der Waals surface area contributed by atoms with Crippen LogP contribution in [0.25, 0.3) is 10.8 Å². The third-order valence-corrected chi connectivity index (χ3v) is 5.83. The Hall–Kier alpha value is -4.99. The van der Waals surface area contributed by atoms with Crippen LogP contribution in [0, 0.1) is 0 Å². The summed E-state index contributed by atoms with van der Waals surface area (Å²) < 4.78 is 4.39. The molecule has 0 unspecified atom stereocenters. The van der Waals surface area contributed by atoms with Crippen molar-refractivity contribution >= 4 is 46.1 Å². The number of fused-ring (bicyclic) bond motifs is 1. The summed E-state index contributed by atoms with van der Waals surface area (Å²) in [5.74, 6) is -2.57. The molecule has 202 valence electrons. The van der Waals surface area contributed by atoms with E-state index in [0.717, 1.165) is 28.5 Å². The van der Waals surface area contributed by atoms with Crippen LogP contribution in [0.1, 0.15) is 47.8 Å². The second-order valence-corrected chi connectivity index (χ2v) is 8.71. The van der Waals surface area contributed by atoms with E-state index in [0.29, 0.717) is 16.8 Å². The Bertz CT molecular complexity index is 1430. The number of anilines is 1. The Labute approximate surface area is 225 Å².